The van der Waals surface area contributed by atoms with Crippen molar-refractivity contribution in [3.05, 3.63) is 46.3 Å². The average molecular weight is 412 g/mol. The van der Waals surface area contributed by atoms with Gasteiger partial charge in [-0.2, -0.15) is 0 Å². The number of rotatable bonds is 4. The molecule has 0 radical (unpaired) electrons. The summed E-state index contributed by atoms with van der Waals surface area (Å²) in [5, 5.41) is 0.606. The van der Waals surface area contributed by atoms with E-state index < -0.39 is 0 Å². The number of anilines is 1. The molecule has 1 unspecified atom stereocenters. The van der Waals surface area contributed by atoms with Gasteiger partial charge in [-0.3, -0.25) is 9.59 Å². The third-order valence-electron chi connectivity index (χ3n) is 5.36. The number of hydrogen-bond acceptors (Lipinski definition) is 5. The van der Waals surface area contributed by atoms with Gasteiger partial charge in [0.05, 0.1) is 11.4 Å². The summed E-state index contributed by atoms with van der Waals surface area (Å²) in [7, 11) is 0. The Morgan fingerprint density at radius 3 is 2.34 bits per heavy atom. The van der Waals surface area contributed by atoms with Gasteiger partial charge in [-0.05, 0) is 77.1 Å². The van der Waals surface area contributed by atoms with E-state index >= 15 is 0 Å². The Kier molecular flexibility index (Phi) is 5.86. The van der Waals surface area contributed by atoms with Crippen molar-refractivity contribution in [3.63, 3.8) is 0 Å². The van der Waals surface area contributed by atoms with Crippen LogP contribution in [0.15, 0.2) is 23.4 Å². The number of thioether (sulfide) groups is 1. The number of Topliss-reactive ketones (excluding diaryl/α,β-unsaturated/α-hetero) is 1. The van der Waals surface area contributed by atoms with Crippen LogP contribution < -0.4 is 4.90 Å². The average Bonchev–Trinajstić information content (AvgIpc) is 2.58. The standard InChI is InChI=1S/C23H29N3O2S/c1-13-8-18-14(2)11-23(6,7)26(21(18)19(9-13)17(5)27)20(28)12-29-22-24-15(3)10-16(4)25-22/h8-10,14H,11-12H2,1-7H3. The molecule has 29 heavy (non-hydrogen) atoms. The predicted molar refractivity (Wildman–Crippen MR) is 118 cm³/mol. The number of nitrogens with zero attached hydrogens (tertiary/aromatic N) is 3. The molecule has 1 atom stereocenters. The summed E-state index contributed by atoms with van der Waals surface area (Å²) in [6.07, 6.45) is 0.845. The minimum absolute atomic E-state index is 0.0158. The Morgan fingerprint density at radius 1 is 1.14 bits per heavy atom. The number of hydrogen-bond donors (Lipinski definition) is 0. The second kappa shape index (κ2) is 7.90. The molecule has 2 aromatic rings. The first kappa shape index (κ1) is 21.5. The first-order chi connectivity index (χ1) is 13.5. The summed E-state index contributed by atoms with van der Waals surface area (Å²) in [6.45, 7) is 13.7. The molecule has 0 fully saturated rings. The van der Waals surface area contributed by atoms with Gasteiger partial charge in [0.15, 0.2) is 10.9 Å². The SMILES string of the molecule is CC(=O)c1cc(C)cc2c1N(C(=O)CSc1nc(C)cc(C)n1)C(C)(C)CC2C. The summed E-state index contributed by atoms with van der Waals surface area (Å²) in [6, 6.07) is 5.93. The number of carbonyl (C=O) groups excluding carboxylic acids is 2. The predicted octanol–water partition coefficient (Wildman–Crippen LogP) is 5.02. The normalized spacial score (nSPS) is 17.8. The highest BCUT2D eigenvalue weighted by Crippen LogP contribution is 2.46. The largest absolute Gasteiger partial charge is 0.305 e. The first-order valence-electron chi connectivity index (χ1n) is 9.93. The van der Waals surface area contributed by atoms with Crippen LogP contribution in [0, 0.1) is 20.8 Å². The fraction of sp³-hybridized carbons (Fsp3) is 0.478. The van der Waals surface area contributed by atoms with Gasteiger partial charge in [-0.25, -0.2) is 9.97 Å². The molecule has 6 heteroatoms. The zero-order chi connectivity index (χ0) is 21.5. The van der Waals surface area contributed by atoms with Crippen LogP contribution in [0.2, 0.25) is 0 Å². The molecule has 1 amide bonds. The van der Waals surface area contributed by atoms with Gasteiger partial charge in [0.1, 0.15) is 0 Å². The number of aromatic nitrogens is 2. The van der Waals surface area contributed by atoms with Crippen molar-refractivity contribution < 1.29 is 9.59 Å². The molecule has 0 N–H and O–H groups in total. The van der Waals surface area contributed by atoms with Crippen LogP contribution in [0.5, 0.6) is 0 Å². The van der Waals surface area contributed by atoms with E-state index in [-0.39, 0.29) is 28.9 Å². The topological polar surface area (TPSA) is 63.2 Å². The van der Waals surface area contributed by atoms with Crippen LogP contribution in [0.25, 0.3) is 0 Å². The number of benzene rings is 1. The van der Waals surface area contributed by atoms with Crippen molar-refractivity contribution in [1.29, 1.82) is 0 Å². The fourth-order valence-electron chi connectivity index (χ4n) is 4.36. The smallest absolute Gasteiger partial charge is 0.237 e. The summed E-state index contributed by atoms with van der Waals surface area (Å²) in [5.41, 5.74) is 4.92. The Bertz CT molecular complexity index is 964. The van der Waals surface area contributed by atoms with E-state index in [4.69, 9.17) is 0 Å². The van der Waals surface area contributed by atoms with Gasteiger partial charge in [0.2, 0.25) is 5.91 Å². The lowest BCUT2D eigenvalue weighted by atomic mass is 9.78. The minimum Gasteiger partial charge on any atom is -0.305 e. The van der Waals surface area contributed by atoms with E-state index in [1.807, 2.05) is 37.8 Å². The van der Waals surface area contributed by atoms with Crippen LogP contribution >= 0.6 is 11.8 Å². The van der Waals surface area contributed by atoms with Crippen LogP contribution in [-0.4, -0.2) is 33.0 Å². The molecule has 3 rings (SSSR count). The second-order valence-corrected chi connectivity index (χ2v) is 9.62. The van der Waals surface area contributed by atoms with E-state index in [9.17, 15) is 9.59 Å². The molecule has 154 valence electrons. The highest BCUT2D eigenvalue weighted by Gasteiger charge is 2.41. The summed E-state index contributed by atoms with van der Waals surface area (Å²) < 4.78 is 0. The van der Waals surface area contributed by atoms with E-state index in [0.717, 1.165) is 34.6 Å². The number of carbonyl (C=O) groups is 2. The lowest BCUT2D eigenvalue weighted by Crippen LogP contribution is -2.53. The fourth-order valence-corrected chi connectivity index (χ4v) is 5.16. The molecule has 5 nitrogen and oxygen atoms in total. The molecule has 1 aromatic heterocycles. The molecule has 0 saturated carbocycles. The van der Waals surface area contributed by atoms with Crippen molar-refractivity contribution >= 4 is 29.1 Å². The van der Waals surface area contributed by atoms with Gasteiger partial charge >= 0.3 is 0 Å². The van der Waals surface area contributed by atoms with Gasteiger partial charge < -0.3 is 4.90 Å². The molecular formula is C23H29N3O2S. The molecule has 0 spiro atoms. The van der Waals surface area contributed by atoms with Crippen molar-refractivity contribution in [2.75, 3.05) is 10.7 Å². The van der Waals surface area contributed by atoms with E-state index in [0.29, 0.717) is 10.7 Å². The molecular weight excluding hydrogens is 382 g/mol. The van der Waals surface area contributed by atoms with Gasteiger partial charge in [0.25, 0.3) is 0 Å². The molecule has 0 saturated heterocycles. The van der Waals surface area contributed by atoms with E-state index in [2.05, 4.69) is 36.8 Å². The first-order valence-corrected chi connectivity index (χ1v) is 10.9. The zero-order valence-corrected chi connectivity index (χ0v) is 19.1. The van der Waals surface area contributed by atoms with Gasteiger partial charge in [-0.1, -0.05) is 24.8 Å². The van der Waals surface area contributed by atoms with Crippen molar-refractivity contribution in [2.24, 2.45) is 0 Å². The van der Waals surface area contributed by atoms with Crippen molar-refractivity contribution in [1.82, 2.24) is 9.97 Å². The van der Waals surface area contributed by atoms with Crippen LogP contribution in [0.4, 0.5) is 5.69 Å². The van der Waals surface area contributed by atoms with Crippen LogP contribution in [0.1, 0.15) is 72.9 Å². The maximum Gasteiger partial charge on any atom is 0.237 e. The molecule has 1 aliphatic heterocycles. The van der Waals surface area contributed by atoms with Crippen molar-refractivity contribution in [2.45, 2.75) is 71.5 Å². The second-order valence-electron chi connectivity index (χ2n) is 8.68. The number of fused-ring (bicyclic) bond motifs is 1. The van der Waals surface area contributed by atoms with E-state index in [1.54, 1.807) is 6.92 Å². The lowest BCUT2D eigenvalue weighted by molar-refractivity contribution is -0.117. The van der Waals surface area contributed by atoms with E-state index in [1.165, 1.54) is 11.8 Å². The molecule has 0 bridgehead atoms. The zero-order valence-electron chi connectivity index (χ0n) is 18.3. The molecule has 2 heterocycles. The highest BCUT2D eigenvalue weighted by atomic mass is 32.2. The maximum absolute atomic E-state index is 13.4. The highest BCUT2D eigenvalue weighted by molar-refractivity contribution is 7.99. The molecule has 0 aliphatic carbocycles. The minimum atomic E-state index is -0.382. The molecule has 1 aromatic carbocycles. The third-order valence-corrected chi connectivity index (χ3v) is 6.20. The summed E-state index contributed by atoms with van der Waals surface area (Å²) in [5.74, 6) is 0.461. The lowest BCUT2D eigenvalue weighted by Gasteiger charge is -2.47. The Hall–Kier alpha value is -2.21. The number of amides is 1. The Morgan fingerprint density at radius 2 is 1.76 bits per heavy atom. The van der Waals surface area contributed by atoms with Crippen LogP contribution in [-0.2, 0) is 4.79 Å². The van der Waals surface area contributed by atoms with Crippen LogP contribution in [0.3, 0.4) is 0 Å². The maximum atomic E-state index is 13.4. The van der Waals surface area contributed by atoms with Gasteiger partial charge in [-0.15, -0.1) is 0 Å². The Labute approximate surface area is 177 Å². The summed E-state index contributed by atoms with van der Waals surface area (Å²) >= 11 is 1.35. The monoisotopic (exact) mass is 411 g/mol. The quantitative estimate of drug-likeness (QED) is 0.402. The number of aryl methyl sites for hydroxylation is 3. The van der Waals surface area contributed by atoms with Gasteiger partial charge in [0, 0.05) is 22.5 Å². The van der Waals surface area contributed by atoms with Crippen molar-refractivity contribution in [3.8, 4) is 0 Å². The Balaban J connectivity index is 2.00. The number of ketones is 1. The third kappa shape index (κ3) is 4.37. The summed E-state index contributed by atoms with van der Waals surface area (Å²) in [4.78, 5) is 36.6. The molecule has 1 aliphatic rings.